The molecule has 1 saturated heterocycles. The zero-order valence-electron chi connectivity index (χ0n) is 7.65. The first kappa shape index (κ1) is 9.86. The molecule has 1 aromatic heterocycles. The van der Waals surface area contributed by atoms with Gasteiger partial charge in [0.15, 0.2) is 0 Å². The molecule has 2 heterocycles. The van der Waals surface area contributed by atoms with Gasteiger partial charge in [0.25, 0.3) is 0 Å². The standard InChI is InChI=1S/C9H11BrN2O2/c10-7-4-11-9(12-5-7)14-6-8-2-1-3-13-8/h4-5,8H,1-3,6H2. The van der Waals surface area contributed by atoms with Crippen LogP contribution in [0.2, 0.25) is 0 Å². The van der Waals surface area contributed by atoms with Crippen molar-refractivity contribution in [3.05, 3.63) is 16.9 Å². The summed E-state index contributed by atoms with van der Waals surface area (Å²) in [7, 11) is 0. The van der Waals surface area contributed by atoms with E-state index in [2.05, 4.69) is 25.9 Å². The second-order valence-electron chi connectivity index (χ2n) is 3.13. The summed E-state index contributed by atoms with van der Waals surface area (Å²) in [6, 6.07) is 0.406. The van der Waals surface area contributed by atoms with Crippen LogP contribution in [-0.4, -0.2) is 29.3 Å². The Morgan fingerprint density at radius 2 is 2.29 bits per heavy atom. The summed E-state index contributed by atoms with van der Waals surface area (Å²) in [6.45, 7) is 1.39. The molecule has 0 saturated carbocycles. The summed E-state index contributed by atoms with van der Waals surface area (Å²) in [6.07, 6.45) is 5.73. The van der Waals surface area contributed by atoms with Gasteiger partial charge in [-0.25, -0.2) is 9.97 Å². The van der Waals surface area contributed by atoms with E-state index in [1.54, 1.807) is 12.4 Å². The average Bonchev–Trinajstić information content (AvgIpc) is 2.70. The Morgan fingerprint density at radius 3 is 2.93 bits per heavy atom. The Hall–Kier alpha value is -0.680. The lowest BCUT2D eigenvalue weighted by Gasteiger charge is -2.09. The Bertz CT molecular complexity index is 285. The van der Waals surface area contributed by atoms with Crippen molar-refractivity contribution in [2.75, 3.05) is 13.2 Å². The van der Waals surface area contributed by atoms with E-state index in [9.17, 15) is 0 Å². The Kier molecular flexibility index (Phi) is 3.31. The number of halogens is 1. The minimum Gasteiger partial charge on any atom is -0.461 e. The topological polar surface area (TPSA) is 44.2 Å². The van der Waals surface area contributed by atoms with Crippen molar-refractivity contribution in [1.29, 1.82) is 0 Å². The highest BCUT2D eigenvalue weighted by molar-refractivity contribution is 9.10. The van der Waals surface area contributed by atoms with Gasteiger partial charge in [-0.05, 0) is 28.8 Å². The summed E-state index contributed by atoms with van der Waals surface area (Å²) in [5.41, 5.74) is 0. The largest absolute Gasteiger partial charge is 0.461 e. The smallest absolute Gasteiger partial charge is 0.316 e. The third-order valence-corrected chi connectivity index (χ3v) is 2.43. The molecule has 76 valence electrons. The lowest BCUT2D eigenvalue weighted by Crippen LogP contribution is -2.17. The third kappa shape index (κ3) is 2.65. The lowest BCUT2D eigenvalue weighted by molar-refractivity contribution is 0.0645. The predicted molar refractivity (Wildman–Crippen MR) is 54.2 cm³/mol. The quantitative estimate of drug-likeness (QED) is 0.830. The van der Waals surface area contributed by atoms with Gasteiger partial charge in [-0.2, -0.15) is 0 Å². The second kappa shape index (κ2) is 4.70. The van der Waals surface area contributed by atoms with Crippen molar-refractivity contribution < 1.29 is 9.47 Å². The van der Waals surface area contributed by atoms with Crippen molar-refractivity contribution in [2.24, 2.45) is 0 Å². The van der Waals surface area contributed by atoms with E-state index in [0.29, 0.717) is 12.6 Å². The summed E-state index contributed by atoms with van der Waals surface area (Å²) in [4.78, 5) is 8.01. The van der Waals surface area contributed by atoms with Gasteiger partial charge in [-0.1, -0.05) is 0 Å². The molecule has 0 spiro atoms. The molecule has 1 aliphatic heterocycles. The van der Waals surface area contributed by atoms with Gasteiger partial charge in [0, 0.05) is 19.0 Å². The molecule has 1 fully saturated rings. The van der Waals surface area contributed by atoms with E-state index in [1.165, 1.54) is 0 Å². The zero-order valence-corrected chi connectivity index (χ0v) is 9.24. The van der Waals surface area contributed by atoms with E-state index in [1.807, 2.05) is 0 Å². The van der Waals surface area contributed by atoms with Crippen LogP contribution in [0.3, 0.4) is 0 Å². The minimum atomic E-state index is 0.210. The van der Waals surface area contributed by atoms with Crippen LogP contribution in [0, 0.1) is 0 Å². The summed E-state index contributed by atoms with van der Waals surface area (Å²) in [5, 5.41) is 0. The monoisotopic (exact) mass is 258 g/mol. The molecule has 0 amide bonds. The van der Waals surface area contributed by atoms with Crippen LogP contribution in [0.25, 0.3) is 0 Å². The van der Waals surface area contributed by atoms with Crippen LogP contribution in [0.5, 0.6) is 6.01 Å². The first-order valence-electron chi connectivity index (χ1n) is 4.56. The van der Waals surface area contributed by atoms with Crippen molar-refractivity contribution in [3.63, 3.8) is 0 Å². The van der Waals surface area contributed by atoms with Crippen molar-refractivity contribution in [3.8, 4) is 6.01 Å². The molecule has 0 N–H and O–H groups in total. The van der Waals surface area contributed by atoms with Crippen LogP contribution in [0.1, 0.15) is 12.8 Å². The van der Waals surface area contributed by atoms with E-state index in [0.717, 1.165) is 23.9 Å². The fourth-order valence-corrected chi connectivity index (χ4v) is 1.52. The Labute approximate surface area is 90.8 Å². The fraction of sp³-hybridized carbons (Fsp3) is 0.556. The summed E-state index contributed by atoms with van der Waals surface area (Å²) < 4.78 is 11.6. The predicted octanol–water partition coefficient (Wildman–Crippen LogP) is 1.80. The lowest BCUT2D eigenvalue weighted by atomic mass is 10.2. The van der Waals surface area contributed by atoms with Gasteiger partial charge in [0.1, 0.15) is 6.61 Å². The number of rotatable bonds is 3. The molecule has 0 radical (unpaired) electrons. The highest BCUT2D eigenvalue weighted by Gasteiger charge is 2.16. The molecule has 1 aliphatic rings. The van der Waals surface area contributed by atoms with E-state index >= 15 is 0 Å². The normalized spacial score (nSPS) is 21.1. The van der Waals surface area contributed by atoms with Gasteiger partial charge < -0.3 is 9.47 Å². The molecular formula is C9H11BrN2O2. The maximum absolute atomic E-state index is 5.41. The molecule has 0 aliphatic carbocycles. The molecule has 4 nitrogen and oxygen atoms in total. The van der Waals surface area contributed by atoms with Gasteiger partial charge in [0.05, 0.1) is 10.6 Å². The fourth-order valence-electron chi connectivity index (χ4n) is 1.32. The molecule has 1 atom stereocenters. The molecule has 14 heavy (non-hydrogen) atoms. The van der Waals surface area contributed by atoms with E-state index in [4.69, 9.17) is 9.47 Å². The van der Waals surface area contributed by atoms with E-state index < -0.39 is 0 Å². The van der Waals surface area contributed by atoms with E-state index in [-0.39, 0.29) is 6.10 Å². The molecule has 2 rings (SSSR count). The first-order valence-corrected chi connectivity index (χ1v) is 5.36. The highest BCUT2D eigenvalue weighted by Crippen LogP contribution is 2.13. The number of hydrogen-bond acceptors (Lipinski definition) is 4. The minimum absolute atomic E-state index is 0.210. The number of ether oxygens (including phenoxy) is 2. The summed E-state index contributed by atoms with van der Waals surface area (Å²) >= 11 is 3.26. The molecule has 5 heteroatoms. The second-order valence-corrected chi connectivity index (χ2v) is 4.05. The van der Waals surface area contributed by atoms with Crippen molar-refractivity contribution >= 4 is 15.9 Å². The van der Waals surface area contributed by atoms with Crippen LogP contribution >= 0.6 is 15.9 Å². The number of nitrogens with zero attached hydrogens (tertiary/aromatic N) is 2. The number of hydrogen-bond donors (Lipinski definition) is 0. The highest BCUT2D eigenvalue weighted by atomic mass is 79.9. The third-order valence-electron chi connectivity index (χ3n) is 2.02. The molecule has 1 unspecified atom stereocenters. The van der Waals surface area contributed by atoms with Crippen LogP contribution in [0.15, 0.2) is 16.9 Å². The van der Waals surface area contributed by atoms with Crippen LogP contribution < -0.4 is 4.74 Å². The Morgan fingerprint density at radius 1 is 1.50 bits per heavy atom. The van der Waals surface area contributed by atoms with Gasteiger partial charge in [0.2, 0.25) is 0 Å². The zero-order chi connectivity index (χ0) is 9.80. The number of aromatic nitrogens is 2. The van der Waals surface area contributed by atoms with Crippen LogP contribution in [0.4, 0.5) is 0 Å². The average molecular weight is 259 g/mol. The molecule has 0 bridgehead atoms. The maximum Gasteiger partial charge on any atom is 0.316 e. The maximum atomic E-state index is 5.41. The van der Waals surface area contributed by atoms with Crippen molar-refractivity contribution in [2.45, 2.75) is 18.9 Å². The first-order chi connectivity index (χ1) is 6.84. The van der Waals surface area contributed by atoms with Gasteiger partial charge in [-0.3, -0.25) is 0 Å². The van der Waals surface area contributed by atoms with Crippen molar-refractivity contribution in [1.82, 2.24) is 9.97 Å². The molecular weight excluding hydrogens is 248 g/mol. The van der Waals surface area contributed by atoms with Crippen LogP contribution in [-0.2, 0) is 4.74 Å². The van der Waals surface area contributed by atoms with Gasteiger partial charge >= 0.3 is 6.01 Å². The Balaban J connectivity index is 1.82. The summed E-state index contributed by atoms with van der Waals surface area (Å²) in [5.74, 6) is 0. The molecule has 1 aromatic rings. The molecule has 0 aromatic carbocycles. The van der Waals surface area contributed by atoms with Gasteiger partial charge in [-0.15, -0.1) is 0 Å². The SMILES string of the molecule is Brc1cnc(OCC2CCCO2)nc1.